The molecule has 2 aliphatic heterocycles. The Morgan fingerprint density at radius 3 is 2.50 bits per heavy atom. The molecule has 0 aromatic rings. The Labute approximate surface area is 129 Å². The van der Waals surface area contributed by atoms with Crippen LogP contribution in [0.5, 0.6) is 0 Å². The molecule has 2 rings (SSSR count). The maximum atomic E-state index is 12.0. The van der Waals surface area contributed by atoms with Gasteiger partial charge in [-0.25, -0.2) is 10.2 Å². The monoisotopic (exact) mass is 309 g/mol. The van der Waals surface area contributed by atoms with Crippen LogP contribution in [0.15, 0.2) is 5.10 Å². The molecule has 2 aliphatic rings. The Kier molecular flexibility index (Phi) is 5.35. The Morgan fingerprint density at radius 1 is 1.27 bits per heavy atom. The van der Waals surface area contributed by atoms with E-state index in [1.165, 1.54) is 0 Å². The number of carbonyl (C=O) groups is 3. The molecule has 0 atom stereocenters. The van der Waals surface area contributed by atoms with Crippen molar-refractivity contribution in [1.82, 2.24) is 21.0 Å². The lowest BCUT2D eigenvalue weighted by Gasteiger charge is -2.33. The summed E-state index contributed by atoms with van der Waals surface area (Å²) in [5, 5.41) is 9.57. The number of hydrogen-bond donors (Lipinski definition) is 3. The molecule has 22 heavy (non-hydrogen) atoms. The van der Waals surface area contributed by atoms with E-state index in [4.69, 9.17) is 0 Å². The zero-order chi connectivity index (χ0) is 16.1. The van der Waals surface area contributed by atoms with Crippen molar-refractivity contribution in [2.75, 3.05) is 13.1 Å². The van der Waals surface area contributed by atoms with Gasteiger partial charge < -0.3 is 15.5 Å². The number of nitrogens with one attached hydrogen (secondary N) is 3. The van der Waals surface area contributed by atoms with Crippen molar-refractivity contribution >= 4 is 23.6 Å². The fourth-order valence-electron chi connectivity index (χ4n) is 2.47. The van der Waals surface area contributed by atoms with E-state index in [0.29, 0.717) is 31.6 Å². The van der Waals surface area contributed by atoms with Crippen LogP contribution in [0.4, 0.5) is 4.79 Å². The molecule has 0 aromatic carbocycles. The van der Waals surface area contributed by atoms with Crippen molar-refractivity contribution < 1.29 is 14.4 Å². The fourth-order valence-corrected chi connectivity index (χ4v) is 2.47. The van der Waals surface area contributed by atoms with Crippen LogP contribution in [0, 0.1) is 0 Å². The minimum Gasteiger partial charge on any atom is -0.348 e. The number of likely N-dealkylation sites (tertiary alicyclic amines) is 1. The first-order chi connectivity index (χ1) is 10.5. The second kappa shape index (κ2) is 7.24. The molecule has 0 saturated carbocycles. The third kappa shape index (κ3) is 4.44. The number of carbonyl (C=O) groups excluding carboxylic acids is 3. The van der Waals surface area contributed by atoms with Gasteiger partial charge in [-0.15, -0.1) is 0 Å². The first-order valence-electron chi connectivity index (χ1n) is 7.67. The fraction of sp³-hybridized carbons (Fsp3) is 0.714. The summed E-state index contributed by atoms with van der Waals surface area (Å²) in [5.74, 6) is -0.397. The minimum atomic E-state index is -0.231. The molecule has 0 radical (unpaired) electrons. The third-order valence-corrected chi connectivity index (χ3v) is 3.70. The molecule has 0 bridgehead atoms. The number of rotatable bonds is 3. The van der Waals surface area contributed by atoms with Gasteiger partial charge in [0.1, 0.15) is 5.71 Å². The molecule has 8 nitrogen and oxygen atoms in total. The second-order valence-electron chi connectivity index (χ2n) is 5.93. The number of hydrazone groups is 1. The topological polar surface area (TPSA) is 103 Å². The Morgan fingerprint density at radius 2 is 1.95 bits per heavy atom. The van der Waals surface area contributed by atoms with E-state index in [-0.39, 0.29) is 29.9 Å². The predicted molar refractivity (Wildman–Crippen MR) is 81.2 cm³/mol. The van der Waals surface area contributed by atoms with Crippen molar-refractivity contribution in [2.24, 2.45) is 5.10 Å². The van der Waals surface area contributed by atoms with Crippen molar-refractivity contribution in [3.05, 3.63) is 0 Å². The van der Waals surface area contributed by atoms with E-state index in [0.717, 1.165) is 12.8 Å². The summed E-state index contributed by atoms with van der Waals surface area (Å²) in [6.07, 6.45) is 2.10. The number of hydrogen-bond acceptors (Lipinski definition) is 4. The van der Waals surface area contributed by atoms with Crippen LogP contribution < -0.4 is 16.1 Å². The first kappa shape index (κ1) is 16.3. The molecule has 4 amide bonds. The molecular formula is C14H23N5O3. The van der Waals surface area contributed by atoms with Crippen LogP contribution >= 0.6 is 0 Å². The molecule has 0 aromatic heterocycles. The summed E-state index contributed by atoms with van der Waals surface area (Å²) in [4.78, 5) is 36.7. The second-order valence-corrected chi connectivity index (χ2v) is 5.93. The molecule has 8 heteroatoms. The van der Waals surface area contributed by atoms with Gasteiger partial charge >= 0.3 is 6.03 Å². The van der Waals surface area contributed by atoms with Gasteiger partial charge in [0, 0.05) is 38.0 Å². The molecule has 0 unspecified atom stereocenters. The normalized spacial score (nSPS) is 19.5. The van der Waals surface area contributed by atoms with Crippen molar-refractivity contribution in [3.63, 3.8) is 0 Å². The molecule has 1 fully saturated rings. The number of amides is 4. The summed E-state index contributed by atoms with van der Waals surface area (Å²) < 4.78 is 0. The maximum Gasteiger partial charge on any atom is 0.317 e. The molecule has 2 heterocycles. The Bertz CT molecular complexity index is 481. The number of nitrogens with zero attached hydrogens (tertiary/aromatic N) is 2. The van der Waals surface area contributed by atoms with E-state index >= 15 is 0 Å². The van der Waals surface area contributed by atoms with E-state index < -0.39 is 0 Å². The average molecular weight is 309 g/mol. The highest BCUT2D eigenvalue weighted by Crippen LogP contribution is 2.11. The summed E-state index contributed by atoms with van der Waals surface area (Å²) >= 11 is 0. The van der Waals surface area contributed by atoms with E-state index in [1.54, 1.807) is 4.90 Å². The summed E-state index contributed by atoms with van der Waals surface area (Å²) in [5.41, 5.74) is 2.68. The lowest BCUT2D eigenvalue weighted by Crippen LogP contribution is -2.51. The Hall–Kier alpha value is -2.12. The van der Waals surface area contributed by atoms with Crippen LogP contribution in [-0.4, -0.2) is 53.6 Å². The van der Waals surface area contributed by atoms with E-state index in [1.807, 2.05) is 13.8 Å². The van der Waals surface area contributed by atoms with Crippen LogP contribution in [-0.2, 0) is 9.59 Å². The minimum absolute atomic E-state index is 0.0379. The van der Waals surface area contributed by atoms with Crippen LogP contribution in [0.3, 0.4) is 0 Å². The largest absolute Gasteiger partial charge is 0.348 e. The standard InChI is InChI=1S/C14H23N5O3/c1-9(2)15-14(22)19-7-5-10(6-8-19)16-13(21)11-3-4-12(20)18-17-11/h9-10H,3-8H2,1-2H3,(H,15,22)(H,16,21)(H,18,20). The highest BCUT2D eigenvalue weighted by atomic mass is 16.2. The zero-order valence-electron chi connectivity index (χ0n) is 13.0. The maximum absolute atomic E-state index is 12.0. The molecular weight excluding hydrogens is 286 g/mol. The highest BCUT2D eigenvalue weighted by molar-refractivity contribution is 6.39. The smallest absolute Gasteiger partial charge is 0.317 e. The first-order valence-corrected chi connectivity index (χ1v) is 7.67. The SMILES string of the molecule is CC(C)NC(=O)N1CCC(NC(=O)C2=NNC(=O)CC2)CC1. The zero-order valence-corrected chi connectivity index (χ0v) is 13.0. The van der Waals surface area contributed by atoms with Gasteiger partial charge in [-0.3, -0.25) is 9.59 Å². The number of urea groups is 1. The summed E-state index contributed by atoms with van der Waals surface area (Å²) in [6, 6.07) is 0.0968. The van der Waals surface area contributed by atoms with Crippen LogP contribution in [0.25, 0.3) is 0 Å². The van der Waals surface area contributed by atoms with Gasteiger partial charge in [-0.2, -0.15) is 5.10 Å². The number of piperidine rings is 1. The van der Waals surface area contributed by atoms with Gasteiger partial charge in [0.2, 0.25) is 5.91 Å². The highest BCUT2D eigenvalue weighted by Gasteiger charge is 2.26. The molecule has 0 spiro atoms. The van der Waals surface area contributed by atoms with Gasteiger partial charge in [-0.1, -0.05) is 0 Å². The predicted octanol–water partition coefficient (Wildman–Crippen LogP) is -0.0490. The van der Waals surface area contributed by atoms with Crippen LogP contribution in [0.1, 0.15) is 39.5 Å². The molecule has 3 N–H and O–H groups in total. The van der Waals surface area contributed by atoms with Gasteiger partial charge in [0.25, 0.3) is 5.91 Å². The lowest BCUT2D eigenvalue weighted by atomic mass is 10.0. The Balaban J connectivity index is 1.76. The molecule has 1 saturated heterocycles. The third-order valence-electron chi connectivity index (χ3n) is 3.70. The van der Waals surface area contributed by atoms with Gasteiger partial charge in [-0.05, 0) is 26.7 Å². The van der Waals surface area contributed by atoms with E-state index in [9.17, 15) is 14.4 Å². The average Bonchev–Trinajstić information content (AvgIpc) is 2.48. The van der Waals surface area contributed by atoms with Gasteiger partial charge in [0.05, 0.1) is 0 Å². The summed E-state index contributed by atoms with van der Waals surface area (Å²) in [6.45, 7) is 5.09. The summed E-state index contributed by atoms with van der Waals surface area (Å²) in [7, 11) is 0. The van der Waals surface area contributed by atoms with Crippen molar-refractivity contribution in [3.8, 4) is 0 Å². The van der Waals surface area contributed by atoms with Crippen LogP contribution in [0.2, 0.25) is 0 Å². The quantitative estimate of drug-likeness (QED) is 0.681. The molecule has 122 valence electrons. The van der Waals surface area contributed by atoms with Crippen molar-refractivity contribution in [2.45, 2.75) is 51.6 Å². The lowest BCUT2D eigenvalue weighted by molar-refractivity contribution is -0.121. The van der Waals surface area contributed by atoms with Gasteiger partial charge in [0.15, 0.2) is 0 Å². The van der Waals surface area contributed by atoms with Crippen molar-refractivity contribution in [1.29, 1.82) is 0 Å². The molecule has 0 aliphatic carbocycles. The van der Waals surface area contributed by atoms with E-state index in [2.05, 4.69) is 21.2 Å².